The minimum absolute atomic E-state index is 0.0958. The Balaban J connectivity index is 2.11. The summed E-state index contributed by atoms with van der Waals surface area (Å²) in [7, 11) is 0. The van der Waals surface area contributed by atoms with E-state index < -0.39 is 0 Å². The second-order valence-electron chi connectivity index (χ2n) is 4.64. The lowest BCUT2D eigenvalue weighted by atomic mass is 9.96. The maximum Gasteiger partial charge on any atom is 0.272 e. The van der Waals surface area contributed by atoms with E-state index in [4.69, 9.17) is 5.84 Å². The number of hydrogen-bond acceptors (Lipinski definition) is 5. The van der Waals surface area contributed by atoms with Crippen molar-refractivity contribution in [2.24, 2.45) is 11.8 Å². The van der Waals surface area contributed by atoms with Crippen LogP contribution in [0.1, 0.15) is 23.8 Å². The first-order valence-electron chi connectivity index (χ1n) is 6.03. The van der Waals surface area contributed by atoms with Crippen molar-refractivity contribution >= 4 is 11.7 Å². The van der Waals surface area contributed by atoms with Gasteiger partial charge in [0.25, 0.3) is 5.91 Å². The summed E-state index contributed by atoms with van der Waals surface area (Å²) < 4.78 is 0. The molecule has 6 heteroatoms. The fraction of sp³-hybridized carbons (Fsp3) is 0.500. The van der Waals surface area contributed by atoms with Gasteiger partial charge in [-0.3, -0.25) is 4.79 Å². The lowest BCUT2D eigenvalue weighted by Crippen LogP contribution is -2.45. The normalized spacial score (nSPS) is 23.8. The molecule has 1 aliphatic heterocycles. The minimum Gasteiger partial charge on any atom is -0.393 e. The maximum absolute atomic E-state index is 12.2. The molecule has 2 rings (SSSR count). The molecular formula is C12H18N4O2. The van der Waals surface area contributed by atoms with Crippen molar-refractivity contribution in [3.8, 4) is 0 Å². The summed E-state index contributed by atoms with van der Waals surface area (Å²) in [5.41, 5.74) is 2.79. The summed E-state index contributed by atoms with van der Waals surface area (Å²) >= 11 is 0. The Kier molecular flexibility index (Phi) is 3.78. The first-order chi connectivity index (χ1) is 8.61. The van der Waals surface area contributed by atoms with Crippen LogP contribution in [0.2, 0.25) is 0 Å². The fourth-order valence-corrected chi connectivity index (χ4v) is 2.11. The van der Waals surface area contributed by atoms with Crippen LogP contribution in [0.4, 0.5) is 5.82 Å². The monoisotopic (exact) mass is 250 g/mol. The molecule has 0 saturated carbocycles. The van der Waals surface area contributed by atoms with Crippen molar-refractivity contribution in [3.63, 3.8) is 0 Å². The summed E-state index contributed by atoms with van der Waals surface area (Å²) in [4.78, 5) is 18.1. The number of anilines is 1. The number of amides is 1. The Labute approximate surface area is 106 Å². The summed E-state index contributed by atoms with van der Waals surface area (Å²) in [6, 6.07) is 5.09. The fourth-order valence-electron chi connectivity index (χ4n) is 2.11. The van der Waals surface area contributed by atoms with Crippen molar-refractivity contribution in [1.82, 2.24) is 9.88 Å². The number of aliphatic hydroxyl groups excluding tert-OH is 1. The minimum atomic E-state index is -0.320. The Morgan fingerprint density at radius 2 is 2.39 bits per heavy atom. The molecule has 6 nitrogen and oxygen atoms in total. The number of rotatable bonds is 2. The smallest absolute Gasteiger partial charge is 0.272 e. The van der Waals surface area contributed by atoms with E-state index in [1.807, 2.05) is 6.92 Å². The van der Waals surface area contributed by atoms with E-state index in [0.717, 1.165) is 0 Å². The van der Waals surface area contributed by atoms with Gasteiger partial charge in [-0.05, 0) is 24.5 Å². The number of nitrogens with zero attached hydrogens (tertiary/aromatic N) is 2. The third-order valence-corrected chi connectivity index (χ3v) is 3.26. The SMILES string of the molecule is CC1CN(C(=O)c2cccc(NN)n2)CCC1O. The summed E-state index contributed by atoms with van der Waals surface area (Å²) in [6.45, 7) is 3.06. The first-order valence-corrected chi connectivity index (χ1v) is 6.03. The van der Waals surface area contributed by atoms with Crippen molar-refractivity contribution in [3.05, 3.63) is 23.9 Å². The number of nitrogen functional groups attached to an aromatic ring is 1. The van der Waals surface area contributed by atoms with Crippen molar-refractivity contribution in [2.75, 3.05) is 18.5 Å². The number of piperidine rings is 1. The summed E-state index contributed by atoms with van der Waals surface area (Å²) in [5.74, 6) is 5.71. The molecule has 1 aliphatic rings. The Bertz CT molecular complexity index is 438. The summed E-state index contributed by atoms with van der Waals surface area (Å²) in [6.07, 6.45) is 0.293. The molecule has 0 spiro atoms. The van der Waals surface area contributed by atoms with Gasteiger partial charge in [0.15, 0.2) is 0 Å². The van der Waals surface area contributed by atoms with Crippen molar-refractivity contribution in [2.45, 2.75) is 19.4 Å². The highest BCUT2D eigenvalue weighted by Crippen LogP contribution is 2.18. The number of aliphatic hydroxyl groups is 1. The molecule has 1 amide bonds. The largest absolute Gasteiger partial charge is 0.393 e. The topological polar surface area (TPSA) is 91.5 Å². The number of hydrogen-bond donors (Lipinski definition) is 3. The van der Waals surface area contributed by atoms with E-state index in [2.05, 4.69) is 10.4 Å². The van der Waals surface area contributed by atoms with Gasteiger partial charge in [-0.2, -0.15) is 0 Å². The van der Waals surface area contributed by atoms with Crippen LogP contribution in [0.25, 0.3) is 0 Å². The average Bonchev–Trinajstić information content (AvgIpc) is 2.41. The second-order valence-corrected chi connectivity index (χ2v) is 4.64. The van der Waals surface area contributed by atoms with Crippen LogP contribution < -0.4 is 11.3 Å². The highest BCUT2D eigenvalue weighted by atomic mass is 16.3. The molecule has 1 aromatic heterocycles. The Hall–Kier alpha value is -1.66. The maximum atomic E-state index is 12.2. The number of carbonyl (C=O) groups excluding carboxylic acids is 1. The Morgan fingerprint density at radius 3 is 3.06 bits per heavy atom. The third kappa shape index (κ3) is 2.60. The van der Waals surface area contributed by atoms with Crippen LogP contribution in [0.15, 0.2) is 18.2 Å². The number of nitrogens with one attached hydrogen (secondary N) is 1. The molecule has 4 N–H and O–H groups in total. The molecule has 0 bridgehead atoms. The molecule has 1 fully saturated rings. The van der Waals surface area contributed by atoms with E-state index in [0.29, 0.717) is 31.0 Å². The highest BCUT2D eigenvalue weighted by Gasteiger charge is 2.28. The zero-order chi connectivity index (χ0) is 13.1. The lowest BCUT2D eigenvalue weighted by Gasteiger charge is -2.34. The molecule has 2 atom stereocenters. The van der Waals surface area contributed by atoms with Gasteiger partial charge in [0.2, 0.25) is 0 Å². The zero-order valence-electron chi connectivity index (χ0n) is 10.3. The number of aromatic nitrogens is 1. The molecule has 2 unspecified atom stereocenters. The number of pyridine rings is 1. The van der Waals surface area contributed by atoms with Gasteiger partial charge in [0, 0.05) is 13.1 Å². The van der Waals surface area contributed by atoms with Crippen LogP contribution >= 0.6 is 0 Å². The van der Waals surface area contributed by atoms with Gasteiger partial charge in [0.05, 0.1) is 6.10 Å². The van der Waals surface area contributed by atoms with Crippen LogP contribution in [0, 0.1) is 5.92 Å². The van der Waals surface area contributed by atoms with Gasteiger partial charge in [-0.1, -0.05) is 13.0 Å². The van der Waals surface area contributed by atoms with E-state index >= 15 is 0 Å². The van der Waals surface area contributed by atoms with E-state index in [9.17, 15) is 9.90 Å². The van der Waals surface area contributed by atoms with Gasteiger partial charge in [-0.25, -0.2) is 10.8 Å². The zero-order valence-corrected chi connectivity index (χ0v) is 10.3. The van der Waals surface area contributed by atoms with E-state index in [1.54, 1.807) is 23.1 Å². The van der Waals surface area contributed by atoms with Crippen LogP contribution in [-0.2, 0) is 0 Å². The van der Waals surface area contributed by atoms with Crippen LogP contribution in [0.3, 0.4) is 0 Å². The van der Waals surface area contributed by atoms with Crippen LogP contribution in [-0.4, -0.2) is 40.1 Å². The van der Waals surface area contributed by atoms with Gasteiger partial charge in [-0.15, -0.1) is 0 Å². The standard InChI is InChI=1S/C12H18N4O2/c1-8-7-16(6-5-10(8)17)12(18)9-3-2-4-11(14-9)15-13/h2-4,8,10,17H,5-7,13H2,1H3,(H,14,15). The lowest BCUT2D eigenvalue weighted by molar-refractivity contribution is 0.0294. The van der Waals surface area contributed by atoms with Gasteiger partial charge >= 0.3 is 0 Å². The molecule has 98 valence electrons. The molecule has 0 aliphatic carbocycles. The van der Waals surface area contributed by atoms with E-state index in [1.165, 1.54) is 0 Å². The average molecular weight is 250 g/mol. The molecule has 1 aromatic rings. The Morgan fingerprint density at radius 1 is 1.61 bits per heavy atom. The number of nitrogens with two attached hydrogens (primary N) is 1. The number of hydrazine groups is 1. The quantitative estimate of drug-likeness (QED) is 0.515. The molecular weight excluding hydrogens is 232 g/mol. The second kappa shape index (κ2) is 5.32. The predicted octanol–water partition coefficient (Wildman–Crippen LogP) is 0.210. The molecule has 1 saturated heterocycles. The highest BCUT2D eigenvalue weighted by molar-refractivity contribution is 5.92. The summed E-state index contributed by atoms with van der Waals surface area (Å²) in [5, 5.41) is 9.65. The molecule has 0 radical (unpaired) electrons. The third-order valence-electron chi connectivity index (χ3n) is 3.26. The molecule has 18 heavy (non-hydrogen) atoms. The number of carbonyl (C=O) groups is 1. The van der Waals surface area contributed by atoms with Gasteiger partial charge in [0.1, 0.15) is 11.5 Å². The van der Waals surface area contributed by atoms with Crippen molar-refractivity contribution < 1.29 is 9.90 Å². The van der Waals surface area contributed by atoms with Gasteiger partial charge < -0.3 is 15.4 Å². The van der Waals surface area contributed by atoms with Crippen LogP contribution in [0.5, 0.6) is 0 Å². The van der Waals surface area contributed by atoms with Crippen molar-refractivity contribution in [1.29, 1.82) is 0 Å². The first kappa shape index (κ1) is 12.8. The molecule has 2 heterocycles. The number of likely N-dealkylation sites (tertiary alicyclic amines) is 1. The predicted molar refractivity (Wildman–Crippen MR) is 67.7 cm³/mol. The van der Waals surface area contributed by atoms with E-state index in [-0.39, 0.29) is 17.9 Å². The molecule has 0 aromatic carbocycles.